The fourth-order valence-corrected chi connectivity index (χ4v) is 1.96. The highest BCUT2D eigenvalue weighted by Gasteiger charge is 2.39. The fourth-order valence-electron chi connectivity index (χ4n) is 1.96. The van der Waals surface area contributed by atoms with Crippen molar-refractivity contribution in [2.24, 2.45) is 5.41 Å². The Bertz CT molecular complexity index is 456. The number of aromatic hydroxyl groups is 2. The Morgan fingerprint density at radius 1 is 1.41 bits per heavy atom. The van der Waals surface area contributed by atoms with E-state index in [2.05, 4.69) is 5.32 Å². The molecule has 0 radical (unpaired) electrons. The largest absolute Gasteiger partial charge is 0.508 e. The third kappa shape index (κ3) is 2.13. The van der Waals surface area contributed by atoms with Gasteiger partial charge in [0.1, 0.15) is 18.1 Å². The van der Waals surface area contributed by atoms with Crippen LogP contribution in [-0.2, 0) is 4.74 Å². The Balaban J connectivity index is 2.39. The number of alkyl carbamates (subject to hydrolysis) is 1. The first kappa shape index (κ1) is 11.6. The van der Waals surface area contributed by atoms with Crippen LogP contribution in [0.4, 0.5) is 4.79 Å². The lowest BCUT2D eigenvalue weighted by molar-refractivity contribution is 0.0381. The molecule has 1 saturated heterocycles. The van der Waals surface area contributed by atoms with E-state index in [1.807, 2.05) is 13.8 Å². The van der Waals surface area contributed by atoms with E-state index in [1.165, 1.54) is 12.1 Å². The van der Waals surface area contributed by atoms with E-state index >= 15 is 0 Å². The summed E-state index contributed by atoms with van der Waals surface area (Å²) in [4.78, 5) is 11.2. The number of hydrogen-bond acceptors (Lipinski definition) is 4. The number of hydrogen-bond donors (Lipinski definition) is 3. The molecular formula is C12H15NO4. The molecule has 5 nitrogen and oxygen atoms in total. The molecule has 0 bridgehead atoms. The van der Waals surface area contributed by atoms with Crippen molar-refractivity contribution < 1.29 is 19.7 Å². The summed E-state index contributed by atoms with van der Waals surface area (Å²) in [6.07, 6.45) is -0.498. The van der Waals surface area contributed by atoms with Gasteiger partial charge in [0.25, 0.3) is 0 Å². The first-order chi connectivity index (χ1) is 7.90. The van der Waals surface area contributed by atoms with E-state index in [0.29, 0.717) is 5.56 Å². The van der Waals surface area contributed by atoms with Crippen molar-refractivity contribution in [2.75, 3.05) is 6.61 Å². The minimum Gasteiger partial charge on any atom is -0.508 e. The molecule has 1 heterocycles. The van der Waals surface area contributed by atoms with Crippen molar-refractivity contribution in [2.45, 2.75) is 19.9 Å². The van der Waals surface area contributed by atoms with Crippen LogP contribution in [0.3, 0.4) is 0 Å². The summed E-state index contributed by atoms with van der Waals surface area (Å²) in [6, 6.07) is 3.99. The van der Waals surface area contributed by atoms with Crippen molar-refractivity contribution in [3.63, 3.8) is 0 Å². The summed E-state index contributed by atoms with van der Waals surface area (Å²) in [7, 11) is 0. The van der Waals surface area contributed by atoms with Crippen molar-refractivity contribution in [1.82, 2.24) is 5.32 Å². The van der Waals surface area contributed by atoms with Crippen molar-refractivity contribution in [3.05, 3.63) is 23.8 Å². The molecule has 1 aliphatic heterocycles. The van der Waals surface area contributed by atoms with Gasteiger partial charge in [-0.2, -0.15) is 0 Å². The summed E-state index contributed by atoms with van der Waals surface area (Å²) in [6.45, 7) is 4.15. The Hall–Kier alpha value is -1.91. The number of phenols is 2. The lowest BCUT2D eigenvalue weighted by atomic mass is 9.80. The molecule has 1 aromatic rings. The molecule has 5 heteroatoms. The van der Waals surface area contributed by atoms with Gasteiger partial charge >= 0.3 is 6.09 Å². The topological polar surface area (TPSA) is 78.8 Å². The predicted octanol–water partition coefficient (Wildman–Crippen LogP) is 1.90. The molecule has 92 valence electrons. The number of ether oxygens (including phenoxy) is 1. The molecule has 3 N–H and O–H groups in total. The van der Waals surface area contributed by atoms with Gasteiger partial charge in [0.2, 0.25) is 0 Å². The van der Waals surface area contributed by atoms with Crippen molar-refractivity contribution >= 4 is 6.09 Å². The highest BCUT2D eigenvalue weighted by atomic mass is 16.6. The maximum atomic E-state index is 11.2. The van der Waals surface area contributed by atoms with Gasteiger partial charge in [-0.3, -0.25) is 0 Å². The molecule has 1 fully saturated rings. The zero-order valence-corrected chi connectivity index (χ0v) is 9.73. The monoisotopic (exact) mass is 237 g/mol. The fraction of sp³-hybridized carbons (Fsp3) is 0.417. The van der Waals surface area contributed by atoms with Crippen LogP contribution in [-0.4, -0.2) is 22.9 Å². The van der Waals surface area contributed by atoms with Crippen LogP contribution in [0.1, 0.15) is 25.5 Å². The SMILES string of the molecule is CC1(C)COC(=O)N[C@@H]1c1ccc(O)cc1O. The quantitative estimate of drug-likeness (QED) is 0.697. The summed E-state index contributed by atoms with van der Waals surface area (Å²) in [5.41, 5.74) is 0.243. The van der Waals surface area contributed by atoms with Gasteiger partial charge < -0.3 is 20.3 Å². The standard InChI is InChI=1S/C12H15NO4/c1-12(2)6-17-11(16)13-10(12)8-4-3-7(14)5-9(8)15/h3-5,10,14-15H,6H2,1-2H3,(H,13,16)/t10-/m1/s1. The number of nitrogens with one attached hydrogen (secondary N) is 1. The average Bonchev–Trinajstić information content (AvgIpc) is 2.23. The Morgan fingerprint density at radius 2 is 2.12 bits per heavy atom. The molecule has 0 saturated carbocycles. The second-order valence-electron chi connectivity index (χ2n) is 4.89. The zero-order chi connectivity index (χ0) is 12.6. The van der Waals surface area contributed by atoms with E-state index in [9.17, 15) is 15.0 Å². The Kier molecular flexibility index (Phi) is 2.61. The van der Waals surface area contributed by atoms with Crippen LogP contribution in [0.5, 0.6) is 11.5 Å². The highest BCUT2D eigenvalue weighted by Crippen LogP contribution is 2.40. The molecule has 2 rings (SSSR count). The van der Waals surface area contributed by atoms with Gasteiger partial charge in [-0.1, -0.05) is 13.8 Å². The maximum absolute atomic E-state index is 11.2. The number of carbonyl (C=O) groups excluding carboxylic acids is 1. The first-order valence-electron chi connectivity index (χ1n) is 5.35. The first-order valence-corrected chi connectivity index (χ1v) is 5.35. The lowest BCUT2D eigenvalue weighted by Gasteiger charge is -2.38. The van der Waals surface area contributed by atoms with Gasteiger partial charge in [-0.15, -0.1) is 0 Å². The molecular weight excluding hydrogens is 222 g/mol. The smallest absolute Gasteiger partial charge is 0.407 e. The van der Waals surface area contributed by atoms with Gasteiger partial charge in [-0.05, 0) is 12.1 Å². The van der Waals surface area contributed by atoms with E-state index in [-0.39, 0.29) is 29.6 Å². The van der Waals surface area contributed by atoms with Crippen LogP contribution in [0.25, 0.3) is 0 Å². The number of benzene rings is 1. The minimum atomic E-state index is -0.498. The van der Waals surface area contributed by atoms with Crippen molar-refractivity contribution in [3.8, 4) is 11.5 Å². The minimum absolute atomic E-state index is 0.0116. The molecule has 0 aromatic heterocycles. The molecule has 0 unspecified atom stereocenters. The van der Waals surface area contributed by atoms with Crippen LogP contribution < -0.4 is 5.32 Å². The summed E-state index contributed by atoms with van der Waals surface area (Å²) < 4.78 is 4.93. The Labute approximate surface area is 99.0 Å². The summed E-state index contributed by atoms with van der Waals surface area (Å²) in [5, 5.41) is 21.7. The average molecular weight is 237 g/mol. The Morgan fingerprint density at radius 3 is 2.76 bits per heavy atom. The summed E-state index contributed by atoms with van der Waals surface area (Å²) >= 11 is 0. The third-order valence-electron chi connectivity index (χ3n) is 2.94. The predicted molar refractivity (Wildman–Crippen MR) is 60.8 cm³/mol. The lowest BCUT2D eigenvalue weighted by Crippen LogP contribution is -2.46. The van der Waals surface area contributed by atoms with Gasteiger partial charge in [0.15, 0.2) is 0 Å². The number of phenolic OH excluding ortho intramolecular Hbond substituents is 2. The summed E-state index contributed by atoms with van der Waals surface area (Å²) in [5.74, 6) is -0.0484. The van der Waals surface area contributed by atoms with Crippen LogP contribution in [0.2, 0.25) is 0 Å². The second-order valence-corrected chi connectivity index (χ2v) is 4.89. The normalized spacial score (nSPS) is 22.7. The van der Waals surface area contributed by atoms with Gasteiger partial charge in [-0.25, -0.2) is 4.79 Å². The third-order valence-corrected chi connectivity index (χ3v) is 2.94. The van der Waals surface area contributed by atoms with E-state index < -0.39 is 6.09 Å². The zero-order valence-electron chi connectivity index (χ0n) is 9.73. The molecule has 0 aliphatic carbocycles. The van der Waals surface area contributed by atoms with Crippen LogP contribution >= 0.6 is 0 Å². The van der Waals surface area contributed by atoms with Crippen molar-refractivity contribution in [1.29, 1.82) is 0 Å². The maximum Gasteiger partial charge on any atom is 0.407 e. The van der Waals surface area contributed by atoms with E-state index in [0.717, 1.165) is 0 Å². The molecule has 1 aromatic carbocycles. The second kappa shape index (κ2) is 3.84. The molecule has 1 aliphatic rings. The molecule has 0 spiro atoms. The molecule has 1 atom stereocenters. The van der Waals surface area contributed by atoms with Crippen LogP contribution in [0.15, 0.2) is 18.2 Å². The number of amides is 1. The van der Waals surface area contributed by atoms with Gasteiger partial charge in [0.05, 0.1) is 6.04 Å². The molecule has 17 heavy (non-hydrogen) atoms. The van der Waals surface area contributed by atoms with Crippen LogP contribution in [0, 0.1) is 5.41 Å². The van der Waals surface area contributed by atoms with Gasteiger partial charge in [0, 0.05) is 17.0 Å². The molecule has 1 amide bonds. The highest BCUT2D eigenvalue weighted by molar-refractivity contribution is 5.69. The number of cyclic esters (lactones) is 1. The van der Waals surface area contributed by atoms with E-state index in [4.69, 9.17) is 4.74 Å². The number of rotatable bonds is 1. The van der Waals surface area contributed by atoms with E-state index in [1.54, 1.807) is 6.07 Å². The number of carbonyl (C=O) groups is 1.